The maximum Gasteiger partial charge on any atom is 0.328 e. The third-order valence-electron chi connectivity index (χ3n) is 7.18. The highest BCUT2D eigenvalue weighted by atomic mass is 16.5. The van der Waals surface area contributed by atoms with E-state index in [1.807, 2.05) is 0 Å². The molecule has 0 saturated carbocycles. The fourth-order valence-electron chi connectivity index (χ4n) is 4.99. The summed E-state index contributed by atoms with van der Waals surface area (Å²) < 4.78 is 13.5. The van der Waals surface area contributed by atoms with Gasteiger partial charge in [0, 0.05) is 22.9 Å². The Morgan fingerprint density at radius 1 is 0.750 bits per heavy atom. The summed E-state index contributed by atoms with van der Waals surface area (Å²) in [5.41, 5.74) is 1.05. The molecule has 1 aromatic heterocycles. The number of hydrogen-bond donors (Lipinski definition) is 1. The van der Waals surface area contributed by atoms with Gasteiger partial charge in [0.15, 0.2) is 5.78 Å². The van der Waals surface area contributed by atoms with Gasteiger partial charge in [-0.15, -0.1) is 0 Å². The second kappa shape index (κ2) is 13.4. The molecular weight excluding hydrogens is 508 g/mol. The van der Waals surface area contributed by atoms with Crippen LogP contribution >= 0.6 is 0 Å². The van der Waals surface area contributed by atoms with Gasteiger partial charge in [0.25, 0.3) is 5.56 Å². The van der Waals surface area contributed by atoms with Crippen molar-refractivity contribution in [3.8, 4) is 11.5 Å². The number of aromatic nitrogens is 2. The van der Waals surface area contributed by atoms with Crippen LogP contribution in [0.3, 0.4) is 0 Å². The van der Waals surface area contributed by atoms with Crippen LogP contribution in [0.1, 0.15) is 108 Å². The number of nitrogens with zero attached hydrogens (tertiary/aromatic N) is 1. The molecule has 1 aliphatic rings. The summed E-state index contributed by atoms with van der Waals surface area (Å²) in [4.78, 5) is 54.3. The van der Waals surface area contributed by atoms with E-state index in [0.29, 0.717) is 41.4 Å². The van der Waals surface area contributed by atoms with Gasteiger partial charge in [-0.1, -0.05) is 64.5 Å². The quantitative estimate of drug-likeness (QED) is 0.207. The van der Waals surface area contributed by atoms with Gasteiger partial charge in [0.05, 0.1) is 30.9 Å². The van der Waals surface area contributed by atoms with Crippen LogP contribution < -0.4 is 20.7 Å². The zero-order chi connectivity index (χ0) is 28.6. The SMILES string of the molecule is CCCCCCOc1cccc2c1C(=O)c1c(OCCCCCC)cc(Cn3cc(C)c(=O)[nH]c3=O)cc1C2=O. The van der Waals surface area contributed by atoms with E-state index in [2.05, 4.69) is 18.8 Å². The Labute approximate surface area is 234 Å². The van der Waals surface area contributed by atoms with E-state index in [-0.39, 0.29) is 34.8 Å². The molecule has 3 aromatic rings. The largest absolute Gasteiger partial charge is 0.493 e. The monoisotopic (exact) mass is 546 g/mol. The molecule has 0 aliphatic heterocycles. The van der Waals surface area contributed by atoms with E-state index < -0.39 is 11.2 Å². The molecule has 2 aromatic carbocycles. The highest BCUT2D eigenvalue weighted by Gasteiger charge is 2.35. The van der Waals surface area contributed by atoms with Gasteiger partial charge in [-0.2, -0.15) is 0 Å². The molecule has 0 atom stereocenters. The van der Waals surface area contributed by atoms with Crippen LogP contribution in [-0.4, -0.2) is 34.3 Å². The zero-order valence-electron chi connectivity index (χ0n) is 23.6. The normalized spacial score (nSPS) is 12.3. The maximum absolute atomic E-state index is 14.0. The number of nitrogens with one attached hydrogen (secondary N) is 1. The number of ketones is 2. The van der Waals surface area contributed by atoms with Crippen molar-refractivity contribution in [3.63, 3.8) is 0 Å². The second-order valence-electron chi connectivity index (χ2n) is 10.4. The van der Waals surface area contributed by atoms with Crippen molar-refractivity contribution >= 4 is 11.6 Å². The number of fused-ring (bicyclic) bond motifs is 2. The van der Waals surface area contributed by atoms with Crippen LogP contribution in [0.5, 0.6) is 11.5 Å². The molecule has 212 valence electrons. The first-order valence-electron chi connectivity index (χ1n) is 14.3. The van der Waals surface area contributed by atoms with E-state index in [0.717, 1.165) is 51.4 Å². The van der Waals surface area contributed by atoms with Gasteiger partial charge in [-0.25, -0.2) is 4.79 Å². The first-order chi connectivity index (χ1) is 19.3. The van der Waals surface area contributed by atoms with Gasteiger partial charge in [0.2, 0.25) is 5.78 Å². The second-order valence-corrected chi connectivity index (χ2v) is 10.4. The Morgan fingerprint density at radius 3 is 2.08 bits per heavy atom. The predicted molar refractivity (Wildman–Crippen MR) is 154 cm³/mol. The Morgan fingerprint density at radius 2 is 1.40 bits per heavy atom. The average molecular weight is 547 g/mol. The molecule has 40 heavy (non-hydrogen) atoms. The minimum absolute atomic E-state index is 0.102. The van der Waals surface area contributed by atoms with E-state index >= 15 is 0 Å². The molecule has 1 heterocycles. The van der Waals surface area contributed by atoms with Gasteiger partial charge in [-0.05, 0) is 43.5 Å². The topological polar surface area (TPSA) is 107 Å². The summed E-state index contributed by atoms with van der Waals surface area (Å²) in [7, 11) is 0. The number of rotatable bonds is 14. The van der Waals surface area contributed by atoms with Gasteiger partial charge in [0.1, 0.15) is 11.5 Å². The molecule has 4 rings (SSSR count). The number of carbonyl (C=O) groups excluding carboxylic acids is 2. The van der Waals surface area contributed by atoms with Crippen LogP contribution in [0.4, 0.5) is 0 Å². The minimum Gasteiger partial charge on any atom is -0.493 e. The number of aromatic amines is 1. The maximum atomic E-state index is 14.0. The number of H-pyrrole nitrogens is 1. The number of carbonyl (C=O) groups is 2. The van der Waals surface area contributed by atoms with Gasteiger partial charge in [-0.3, -0.25) is 23.9 Å². The van der Waals surface area contributed by atoms with Gasteiger partial charge >= 0.3 is 5.69 Å². The van der Waals surface area contributed by atoms with Crippen LogP contribution in [0, 0.1) is 6.92 Å². The molecule has 8 heteroatoms. The lowest BCUT2D eigenvalue weighted by atomic mass is 9.82. The molecule has 1 aliphatic carbocycles. The van der Waals surface area contributed by atoms with Crippen molar-refractivity contribution in [1.82, 2.24) is 9.55 Å². The lowest BCUT2D eigenvalue weighted by Gasteiger charge is -2.23. The molecule has 1 N–H and O–H groups in total. The standard InChI is InChI=1S/C32H38N2O6/c1-4-6-8-10-15-39-25-14-12-13-23-27(25)30(36)28-24(29(23)35)17-22(18-26(28)40-16-11-9-7-5-2)20-34-19-21(3)31(37)33-32(34)38/h12-14,17-19H,4-11,15-16,20H2,1-3H3,(H,33,37,38). The van der Waals surface area contributed by atoms with Crippen molar-refractivity contribution in [2.45, 2.75) is 78.7 Å². The number of aryl methyl sites for hydroxylation is 1. The van der Waals surface area contributed by atoms with Gasteiger partial charge < -0.3 is 9.47 Å². The van der Waals surface area contributed by atoms with Crippen molar-refractivity contribution in [2.75, 3.05) is 13.2 Å². The molecule has 0 saturated heterocycles. The summed E-state index contributed by atoms with van der Waals surface area (Å²) in [6.07, 6.45) is 9.61. The lowest BCUT2D eigenvalue weighted by Crippen LogP contribution is -2.31. The molecule has 0 radical (unpaired) electrons. The van der Waals surface area contributed by atoms with Crippen molar-refractivity contribution in [2.24, 2.45) is 0 Å². The summed E-state index contributed by atoms with van der Waals surface area (Å²) in [6, 6.07) is 8.48. The molecule has 0 amide bonds. The van der Waals surface area contributed by atoms with Crippen molar-refractivity contribution < 1.29 is 19.1 Å². The summed E-state index contributed by atoms with van der Waals surface area (Å²) in [5.74, 6) is 0.135. The summed E-state index contributed by atoms with van der Waals surface area (Å²) >= 11 is 0. The molecule has 0 bridgehead atoms. The Hall–Kier alpha value is -3.94. The van der Waals surface area contributed by atoms with Crippen LogP contribution in [0.2, 0.25) is 0 Å². The van der Waals surface area contributed by atoms with Crippen molar-refractivity contribution in [1.29, 1.82) is 0 Å². The van der Waals surface area contributed by atoms with Crippen LogP contribution in [0.25, 0.3) is 0 Å². The minimum atomic E-state index is -0.552. The molecular formula is C32H38N2O6. The highest BCUT2D eigenvalue weighted by Crippen LogP contribution is 2.38. The lowest BCUT2D eigenvalue weighted by molar-refractivity contribution is 0.0971. The van der Waals surface area contributed by atoms with E-state index in [9.17, 15) is 19.2 Å². The predicted octanol–water partition coefficient (Wildman–Crippen LogP) is 5.59. The number of unbranched alkanes of at least 4 members (excludes halogenated alkanes) is 6. The third kappa shape index (κ3) is 6.43. The number of benzene rings is 2. The highest BCUT2D eigenvalue weighted by molar-refractivity contribution is 6.30. The molecule has 0 unspecified atom stereocenters. The van der Waals surface area contributed by atoms with E-state index in [4.69, 9.17) is 9.47 Å². The molecule has 0 spiro atoms. The first kappa shape index (κ1) is 29.1. The van der Waals surface area contributed by atoms with E-state index in [1.165, 1.54) is 10.8 Å². The first-order valence-corrected chi connectivity index (χ1v) is 14.3. The molecule has 0 fully saturated rings. The van der Waals surface area contributed by atoms with Crippen LogP contribution in [-0.2, 0) is 6.54 Å². The zero-order valence-corrected chi connectivity index (χ0v) is 23.6. The smallest absolute Gasteiger partial charge is 0.328 e. The Balaban J connectivity index is 1.72. The third-order valence-corrected chi connectivity index (χ3v) is 7.18. The number of hydrogen-bond acceptors (Lipinski definition) is 6. The molecule has 8 nitrogen and oxygen atoms in total. The Kier molecular flexibility index (Phi) is 9.74. The average Bonchev–Trinajstić information content (AvgIpc) is 2.94. The van der Waals surface area contributed by atoms with E-state index in [1.54, 1.807) is 37.3 Å². The summed E-state index contributed by atoms with van der Waals surface area (Å²) in [6.45, 7) is 6.87. The number of ether oxygens (including phenoxy) is 2. The Bertz CT molecular complexity index is 1500. The van der Waals surface area contributed by atoms with Crippen molar-refractivity contribution in [3.05, 3.63) is 90.7 Å². The fraction of sp³-hybridized carbons (Fsp3) is 0.438. The summed E-state index contributed by atoms with van der Waals surface area (Å²) in [5, 5.41) is 0. The fourth-order valence-corrected chi connectivity index (χ4v) is 4.99. The van der Waals surface area contributed by atoms with Crippen LogP contribution in [0.15, 0.2) is 46.1 Å².